The van der Waals surface area contributed by atoms with Crippen LogP contribution in [0.4, 0.5) is 0 Å². The van der Waals surface area contributed by atoms with Gasteiger partial charge in [-0.3, -0.25) is 4.79 Å². The van der Waals surface area contributed by atoms with Crippen molar-refractivity contribution in [2.45, 2.75) is 26.7 Å². The molecule has 0 unspecified atom stereocenters. The van der Waals surface area contributed by atoms with E-state index in [0.717, 1.165) is 12.0 Å². The molecule has 0 heterocycles. The van der Waals surface area contributed by atoms with Crippen LogP contribution in [0.2, 0.25) is 0 Å². The quantitative estimate of drug-likeness (QED) is 0.666. The zero-order chi connectivity index (χ0) is 12.3. The largest absolute Gasteiger partial charge is 0.299 e. The minimum absolute atomic E-state index is 0.137. The van der Waals surface area contributed by atoms with Crippen LogP contribution in [0.25, 0.3) is 0 Å². The molecule has 84 valence electrons. The van der Waals surface area contributed by atoms with Gasteiger partial charge in [0.15, 0.2) is 0 Å². The van der Waals surface area contributed by atoms with Gasteiger partial charge in [-0.05, 0) is 25.2 Å². The van der Waals surface area contributed by atoms with Gasteiger partial charge < -0.3 is 0 Å². The summed E-state index contributed by atoms with van der Waals surface area (Å²) in [6, 6.07) is 3.98. The van der Waals surface area contributed by atoms with Crippen molar-refractivity contribution in [2.75, 3.05) is 0 Å². The van der Waals surface area contributed by atoms with E-state index >= 15 is 0 Å². The van der Waals surface area contributed by atoms with E-state index in [1.807, 2.05) is 26.0 Å². The van der Waals surface area contributed by atoms with E-state index in [1.165, 1.54) is 0 Å². The SMILES string of the molecule is C=C(C)[C@H]1CC(=O)[C@@H](C)[C@@H](C(C#N)C#N)C1. The van der Waals surface area contributed by atoms with Gasteiger partial charge in [-0.1, -0.05) is 19.1 Å². The van der Waals surface area contributed by atoms with Crippen LogP contribution in [0.15, 0.2) is 12.2 Å². The molecule has 1 fully saturated rings. The van der Waals surface area contributed by atoms with Gasteiger partial charge in [0.25, 0.3) is 0 Å². The van der Waals surface area contributed by atoms with E-state index < -0.39 is 5.92 Å². The lowest BCUT2D eigenvalue weighted by molar-refractivity contribution is -0.127. The third-order valence-corrected chi connectivity index (χ3v) is 3.56. The first-order valence-corrected chi connectivity index (χ1v) is 5.48. The van der Waals surface area contributed by atoms with Crippen molar-refractivity contribution in [3.05, 3.63) is 12.2 Å². The van der Waals surface area contributed by atoms with Gasteiger partial charge in [-0.2, -0.15) is 10.5 Å². The van der Waals surface area contributed by atoms with Crippen LogP contribution in [0, 0.1) is 46.3 Å². The zero-order valence-electron chi connectivity index (χ0n) is 9.73. The second-order valence-electron chi connectivity index (χ2n) is 4.64. The molecule has 1 saturated carbocycles. The zero-order valence-corrected chi connectivity index (χ0v) is 9.73. The van der Waals surface area contributed by atoms with E-state index in [9.17, 15) is 4.79 Å². The first kappa shape index (κ1) is 12.5. The molecule has 3 nitrogen and oxygen atoms in total. The molecule has 3 atom stereocenters. The van der Waals surface area contributed by atoms with Crippen molar-refractivity contribution in [1.82, 2.24) is 0 Å². The van der Waals surface area contributed by atoms with Gasteiger partial charge in [0.2, 0.25) is 0 Å². The number of carbonyl (C=O) groups is 1. The van der Waals surface area contributed by atoms with Crippen LogP contribution in [-0.2, 0) is 4.79 Å². The molecular weight excluding hydrogens is 200 g/mol. The van der Waals surface area contributed by atoms with Crippen LogP contribution >= 0.6 is 0 Å². The lowest BCUT2D eigenvalue weighted by Crippen LogP contribution is -2.35. The van der Waals surface area contributed by atoms with Gasteiger partial charge in [-0.25, -0.2) is 0 Å². The number of nitrogens with zero attached hydrogens (tertiary/aromatic N) is 2. The Hall–Kier alpha value is -1.61. The monoisotopic (exact) mass is 216 g/mol. The van der Waals surface area contributed by atoms with Gasteiger partial charge in [0, 0.05) is 12.3 Å². The normalized spacial score (nSPS) is 29.6. The molecule has 16 heavy (non-hydrogen) atoms. The summed E-state index contributed by atoms with van der Waals surface area (Å²) in [5.41, 5.74) is 0.972. The average Bonchev–Trinajstić information content (AvgIpc) is 2.25. The summed E-state index contributed by atoms with van der Waals surface area (Å²) in [6.07, 6.45) is 1.24. The minimum Gasteiger partial charge on any atom is -0.299 e. The van der Waals surface area contributed by atoms with Crippen LogP contribution in [0.5, 0.6) is 0 Å². The molecule has 0 radical (unpaired) electrons. The second kappa shape index (κ2) is 4.94. The summed E-state index contributed by atoms with van der Waals surface area (Å²) in [6.45, 7) is 7.59. The number of ketones is 1. The molecule has 0 spiro atoms. The van der Waals surface area contributed by atoms with E-state index in [-0.39, 0.29) is 23.5 Å². The standard InChI is InChI=1S/C13H16N2O/c1-8(2)10-4-12(11(6-14)7-15)9(3)13(16)5-10/h9-12H,1,4-5H2,2-3H3/t9-,10+,12-/m0/s1. The molecule has 0 amide bonds. The molecule has 0 aromatic rings. The topological polar surface area (TPSA) is 64.7 Å². The highest BCUT2D eigenvalue weighted by Gasteiger charge is 2.38. The van der Waals surface area contributed by atoms with Crippen LogP contribution in [-0.4, -0.2) is 5.78 Å². The van der Waals surface area contributed by atoms with Crippen LogP contribution in [0.1, 0.15) is 26.7 Å². The first-order chi connectivity index (χ1) is 7.51. The number of rotatable bonds is 2. The Kier molecular flexibility index (Phi) is 3.85. The van der Waals surface area contributed by atoms with Crippen molar-refractivity contribution in [2.24, 2.45) is 23.7 Å². The highest BCUT2D eigenvalue weighted by molar-refractivity contribution is 5.82. The number of carbonyl (C=O) groups excluding carboxylic acids is 1. The molecule has 0 aromatic heterocycles. The number of nitriles is 2. The smallest absolute Gasteiger partial charge is 0.136 e. The van der Waals surface area contributed by atoms with Crippen LogP contribution in [0.3, 0.4) is 0 Å². The van der Waals surface area contributed by atoms with Crippen molar-refractivity contribution in [3.63, 3.8) is 0 Å². The van der Waals surface area contributed by atoms with Gasteiger partial charge >= 0.3 is 0 Å². The molecule has 0 aromatic carbocycles. The predicted octanol–water partition coefficient (Wildman–Crippen LogP) is 2.46. The van der Waals surface area contributed by atoms with E-state index in [1.54, 1.807) is 0 Å². The summed E-state index contributed by atoms with van der Waals surface area (Å²) >= 11 is 0. The Morgan fingerprint density at radius 2 is 2.06 bits per heavy atom. The Morgan fingerprint density at radius 3 is 2.50 bits per heavy atom. The number of allylic oxidation sites excluding steroid dienone is 1. The minimum atomic E-state index is -0.680. The fraction of sp³-hybridized carbons (Fsp3) is 0.615. The summed E-state index contributed by atoms with van der Waals surface area (Å²) in [5, 5.41) is 17.8. The lowest BCUT2D eigenvalue weighted by atomic mass is 9.68. The molecule has 1 rings (SSSR count). The highest BCUT2D eigenvalue weighted by Crippen LogP contribution is 2.38. The van der Waals surface area contributed by atoms with Gasteiger partial charge in [-0.15, -0.1) is 0 Å². The van der Waals surface area contributed by atoms with Crippen molar-refractivity contribution in [3.8, 4) is 12.1 Å². The summed E-state index contributed by atoms with van der Waals surface area (Å²) in [4.78, 5) is 11.8. The molecule has 0 saturated heterocycles. The summed E-state index contributed by atoms with van der Waals surface area (Å²) < 4.78 is 0. The predicted molar refractivity (Wildman–Crippen MR) is 59.9 cm³/mol. The van der Waals surface area contributed by atoms with E-state index in [4.69, 9.17) is 10.5 Å². The number of hydrogen-bond acceptors (Lipinski definition) is 3. The van der Waals surface area contributed by atoms with Gasteiger partial charge in [0.05, 0.1) is 12.1 Å². The molecular formula is C13H16N2O. The number of Topliss-reactive ketones (excluding diaryl/α,β-unsaturated/α-hetero) is 1. The third kappa shape index (κ3) is 2.31. The van der Waals surface area contributed by atoms with Crippen LogP contribution < -0.4 is 0 Å². The molecule has 0 N–H and O–H groups in total. The molecule has 1 aliphatic carbocycles. The number of hydrogen-bond donors (Lipinski definition) is 0. The first-order valence-electron chi connectivity index (χ1n) is 5.48. The Balaban J connectivity index is 2.91. The maximum Gasteiger partial charge on any atom is 0.136 e. The highest BCUT2D eigenvalue weighted by atomic mass is 16.1. The summed E-state index contributed by atoms with van der Waals surface area (Å²) in [5.74, 6) is -0.711. The average molecular weight is 216 g/mol. The molecule has 3 heteroatoms. The second-order valence-corrected chi connectivity index (χ2v) is 4.64. The maximum atomic E-state index is 11.8. The van der Waals surface area contributed by atoms with Gasteiger partial charge in [0.1, 0.15) is 11.7 Å². The van der Waals surface area contributed by atoms with Crippen molar-refractivity contribution >= 4 is 5.78 Å². The summed E-state index contributed by atoms with van der Waals surface area (Å²) in [7, 11) is 0. The lowest BCUT2D eigenvalue weighted by Gasteiger charge is -2.33. The third-order valence-electron chi connectivity index (χ3n) is 3.56. The van der Waals surface area contributed by atoms with Crippen molar-refractivity contribution < 1.29 is 4.79 Å². The van der Waals surface area contributed by atoms with E-state index in [0.29, 0.717) is 6.42 Å². The fourth-order valence-corrected chi connectivity index (χ4v) is 2.30. The fourth-order valence-electron chi connectivity index (χ4n) is 2.30. The maximum absolute atomic E-state index is 11.8. The molecule has 0 bridgehead atoms. The molecule has 1 aliphatic rings. The Labute approximate surface area is 96.4 Å². The Morgan fingerprint density at radius 1 is 1.50 bits per heavy atom. The Bertz CT molecular complexity index is 372. The van der Waals surface area contributed by atoms with E-state index in [2.05, 4.69) is 6.58 Å². The van der Waals surface area contributed by atoms with Crippen molar-refractivity contribution in [1.29, 1.82) is 10.5 Å². The molecule has 0 aliphatic heterocycles.